The molecule has 0 aromatic rings. The molecule has 3 fully saturated rings. The monoisotopic (exact) mass is 341 g/mol. The molecule has 2 aliphatic carbocycles. The van der Waals surface area contributed by atoms with Gasteiger partial charge < -0.3 is 0 Å². The second kappa shape index (κ2) is 5.43. The quantitative estimate of drug-likeness (QED) is 0.583. The fourth-order valence-electron chi connectivity index (χ4n) is 4.47. The molecule has 0 aromatic heterocycles. The van der Waals surface area contributed by atoms with E-state index in [1.54, 1.807) is 4.90 Å². The summed E-state index contributed by atoms with van der Waals surface area (Å²) >= 11 is 3.64. The van der Waals surface area contributed by atoms with Crippen molar-refractivity contribution in [2.45, 2.75) is 51.9 Å². The highest BCUT2D eigenvalue weighted by Gasteiger charge is 2.53. The van der Waals surface area contributed by atoms with Crippen LogP contribution in [0.3, 0.4) is 0 Å². The maximum absolute atomic E-state index is 12.6. The smallest absolute Gasteiger partial charge is 0.233 e. The lowest BCUT2D eigenvalue weighted by molar-refractivity contribution is -0.142. The number of hydrogen-bond donors (Lipinski definition) is 0. The third kappa shape index (κ3) is 2.34. The molecule has 0 N–H and O–H groups in total. The van der Waals surface area contributed by atoms with Gasteiger partial charge in [-0.15, -0.1) is 0 Å². The first kappa shape index (κ1) is 14.6. The van der Waals surface area contributed by atoms with Crippen molar-refractivity contribution in [3.05, 3.63) is 0 Å². The highest BCUT2D eigenvalue weighted by Crippen LogP contribution is 2.45. The number of imide groups is 1. The van der Waals surface area contributed by atoms with Crippen molar-refractivity contribution in [2.75, 3.05) is 11.9 Å². The van der Waals surface area contributed by atoms with Gasteiger partial charge in [-0.2, -0.15) is 0 Å². The van der Waals surface area contributed by atoms with Crippen molar-refractivity contribution < 1.29 is 9.59 Å². The van der Waals surface area contributed by atoms with E-state index in [-0.39, 0.29) is 29.1 Å². The van der Waals surface area contributed by atoms with Crippen molar-refractivity contribution in [3.63, 3.8) is 0 Å². The maximum atomic E-state index is 12.6. The Balaban J connectivity index is 1.75. The van der Waals surface area contributed by atoms with Crippen LogP contribution in [0.2, 0.25) is 0 Å². The fourth-order valence-corrected chi connectivity index (χ4v) is 5.21. The SMILES string of the molecule is CC1CC2C(=O)N(CC3(CBr)CCCCC3)C(=O)C2C1. The van der Waals surface area contributed by atoms with Crippen LogP contribution in [-0.4, -0.2) is 28.6 Å². The molecular weight excluding hydrogens is 318 g/mol. The predicted molar refractivity (Wildman–Crippen MR) is 81.4 cm³/mol. The van der Waals surface area contributed by atoms with Gasteiger partial charge in [-0.05, 0) is 37.0 Å². The molecule has 0 spiro atoms. The minimum Gasteiger partial charge on any atom is -0.282 e. The van der Waals surface area contributed by atoms with Crippen molar-refractivity contribution in [3.8, 4) is 0 Å². The van der Waals surface area contributed by atoms with Crippen LogP contribution in [0.25, 0.3) is 0 Å². The van der Waals surface area contributed by atoms with Crippen LogP contribution in [-0.2, 0) is 9.59 Å². The predicted octanol–water partition coefficient (Wildman–Crippen LogP) is 3.36. The van der Waals surface area contributed by atoms with E-state index in [9.17, 15) is 9.59 Å². The van der Waals surface area contributed by atoms with Gasteiger partial charge in [0.05, 0.1) is 11.8 Å². The molecular formula is C16H24BrNO2. The lowest BCUT2D eigenvalue weighted by Crippen LogP contribution is -2.44. The summed E-state index contributed by atoms with van der Waals surface area (Å²) in [6.07, 6.45) is 7.85. The van der Waals surface area contributed by atoms with Gasteiger partial charge in [0.1, 0.15) is 0 Å². The van der Waals surface area contributed by atoms with E-state index in [4.69, 9.17) is 0 Å². The molecule has 1 aliphatic heterocycles. The Labute approximate surface area is 129 Å². The second-order valence-electron chi connectivity index (χ2n) is 7.25. The van der Waals surface area contributed by atoms with E-state index in [0.717, 1.165) is 31.0 Å². The number of carbonyl (C=O) groups is 2. The highest BCUT2D eigenvalue weighted by molar-refractivity contribution is 9.09. The third-order valence-corrected chi connectivity index (χ3v) is 6.85. The van der Waals surface area contributed by atoms with E-state index >= 15 is 0 Å². The standard InChI is InChI=1S/C16H24BrNO2/c1-11-7-12-13(8-11)15(20)18(14(12)19)10-16(9-17)5-3-2-4-6-16/h11-13H,2-10H2,1H3. The molecule has 0 aromatic carbocycles. The first-order chi connectivity index (χ1) is 9.56. The summed E-state index contributed by atoms with van der Waals surface area (Å²) in [6, 6.07) is 0. The first-order valence-electron chi connectivity index (χ1n) is 7.97. The number of carbonyl (C=O) groups excluding carboxylic acids is 2. The number of amides is 2. The molecule has 1 heterocycles. The Morgan fingerprint density at radius 1 is 1.10 bits per heavy atom. The minimum atomic E-state index is -0.00605. The van der Waals surface area contributed by atoms with Gasteiger partial charge in [0.2, 0.25) is 11.8 Å². The molecule has 4 heteroatoms. The second-order valence-corrected chi connectivity index (χ2v) is 7.81. The first-order valence-corrected chi connectivity index (χ1v) is 9.10. The van der Waals surface area contributed by atoms with Crippen molar-refractivity contribution >= 4 is 27.7 Å². The molecule has 3 aliphatic rings. The third-order valence-electron chi connectivity index (χ3n) is 5.66. The summed E-state index contributed by atoms with van der Waals surface area (Å²) in [6.45, 7) is 2.81. The van der Waals surface area contributed by atoms with Crippen LogP contribution in [0, 0.1) is 23.2 Å². The molecule has 2 amide bonds. The van der Waals surface area contributed by atoms with Gasteiger partial charge in [0, 0.05) is 11.9 Å². The summed E-state index contributed by atoms with van der Waals surface area (Å²) in [7, 11) is 0. The largest absolute Gasteiger partial charge is 0.282 e. The van der Waals surface area contributed by atoms with E-state index in [2.05, 4.69) is 22.9 Å². The van der Waals surface area contributed by atoms with Crippen LogP contribution >= 0.6 is 15.9 Å². The summed E-state index contributed by atoms with van der Waals surface area (Å²) in [5, 5.41) is 0.906. The number of fused-ring (bicyclic) bond motifs is 1. The number of alkyl halides is 1. The molecule has 2 saturated carbocycles. The van der Waals surface area contributed by atoms with Crippen LogP contribution in [0.4, 0.5) is 0 Å². The normalized spacial score (nSPS) is 36.5. The van der Waals surface area contributed by atoms with Crippen LogP contribution in [0.1, 0.15) is 51.9 Å². The highest BCUT2D eigenvalue weighted by atomic mass is 79.9. The van der Waals surface area contributed by atoms with E-state index in [1.165, 1.54) is 19.3 Å². The lowest BCUT2D eigenvalue weighted by Gasteiger charge is -2.38. The average Bonchev–Trinajstić information content (AvgIpc) is 2.94. The van der Waals surface area contributed by atoms with Gasteiger partial charge in [-0.3, -0.25) is 14.5 Å². The molecule has 1 saturated heterocycles. The van der Waals surface area contributed by atoms with Gasteiger partial charge in [0.25, 0.3) is 0 Å². The topological polar surface area (TPSA) is 37.4 Å². The summed E-state index contributed by atoms with van der Waals surface area (Å²) < 4.78 is 0. The minimum absolute atomic E-state index is 0.00605. The molecule has 2 atom stereocenters. The van der Waals surface area contributed by atoms with E-state index < -0.39 is 0 Å². The number of nitrogens with zero attached hydrogens (tertiary/aromatic N) is 1. The van der Waals surface area contributed by atoms with Crippen molar-refractivity contribution in [2.24, 2.45) is 23.2 Å². The summed E-state index contributed by atoms with van der Waals surface area (Å²) in [4.78, 5) is 26.7. The van der Waals surface area contributed by atoms with E-state index in [0.29, 0.717) is 12.5 Å². The Kier molecular flexibility index (Phi) is 3.95. The summed E-state index contributed by atoms with van der Waals surface area (Å²) in [5.41, 5.74) is 0.133. The molecule has 2 unspecified atom stereocenters. The Morgan fingerprint density at radius 2 is 1.65 bits per heavy atom. The Bertz CT molecular complexity index is 393. The van der Waals surface area contributed by atoms with Crippen LogP contribution in [0.15, 0.2) is 0 Å². The van der Waals surface area contributed by atoms with Crippen LogP contribution in [0.5, 0.6) is 0 Å². The number of hydrogen-bond acceptors (Lipinski definition) is 2. The fraction of sp³-hybridized carbons (Fsp3) is 0.875. The molecule has 0 radical (unpaired) electrons. The van der Waals surface area contributed by atoms with Gasteiger partial charge in [0.15, 0.2) is 0 Å². The molecule has 112 valence electrons. The molecule has 3 nitrogen and oxygen atoms in total. The van der Waals surface area contributed by atoms with Gasteiger partial charge >= 0.3 is 0 Å². The number of likely N-dealkylation sites (tertiary alicyclic amines) is 1. The van der Waals surface area contributed by atoms with Gasteiger partial charge in [-0.25, -0.2) is 0 Å². The lowest BCUT2D eigenvalue weighted by atomic mass is 9.75. The molecule has 3 rings (SSSR count). The van der Waals surface area contributed by atoms with E-state index in [1.807, 2.05) is 0 Å². The summed E-state index contributed by atoms with van der Waals surface area (Å²) in [5.74, 6) is 0.757. The number of halogens is 1. The zero-order chi connectivity index (χ0) is 14.3. The van der Waals surface area contributed by atoms with Crippen LogP contribution < -0.4 is 0 Å². The average molecular weight is 342 g/mol. The maximum Gasteiger partial charge on any atom is 0.233 e. The Hall–Kier alpha value is -0.380. The van der Waals surface area contributed by atoms with Crippen molar-refractivity contribution in [1.29, 1.82) is 0 Å². The van der Waals surface area contributed by atoms with Gasteiger partial charge in [-0.1, -0.05) is 42.1 Å². The molecule has 0 bridgehead atoms. The Morgan fingerprint density at radius 3 is 2.15 bits per heavy atom. The zero-order valence-corrected chi connectivity index (χ0v) is 13.8. The number of rotatable bonds is 3. The zero-order valence-electron chi connectivity index (χ0n) is 12.2. The molecule has 20 heavy (non-hydrogen) atoms. The van der Waals surface area contributed by atoms with Crippen molar-refractivity contribution in [1.82, 2.24) is 4.90 Å².